The summed E-state index contributed by atoms with van der Waals surface area (Å²) in [5, 5.41) is 1.98. The van der Waals surface area contributed by atoms with Gasteiger partial charge in [0.25, 0.3) is 0 Å². The van der Waals surface area contributed by atoms with E-state index in [-0.39, 0.29) is 0 Å². The molecule has 1 aliphatic carbocycles. The first kappa shape index (κ1) is 26.7. The second-order valence-corrected chi connectivity index (χ2v) is 11.9. The summed E-state index contributed by atoms with van der Waals surface area (Å²) in [4.78, 5) is 0. The highest BCUT2D eigenvalue weighted by Gasteiger charge is 2.21. The van der Waals surface area contributed by atoms with Crippen LogP contribution in [0.2, 0.25) is 0 Å². The smallest absolute Gasteiger partial charge is 0.00478 e. The third kappa shape index (κ3) is 16.5. The average molecular weight is 429 g/mol. The molecule has 0 spiro atoms. The molecule has 28 heavy (non-hydrogen) atoms. The molecule has 0 bridgehead atoms. The van der Waals surface area contributed by atoms with Gasteiger partial charge in [0.2, 0.25) is 0 Å². The predicted octanol–water partition coefficient (Wildman–Crippen LogP) is 10.0. The Hall–Kier alpha value is 0.700. The minimum absolute atomic E-state index is 0.990. The van der Waals surface area contributed by atoms with E-state index >= 15 is 0 Å². The third-order valence-corrected chi connectivity index (χ3v) is 9.26. The topological polar surface area (TPSA) is 0 Å². The third-order valence-electron chi connectivity index (χ3n) is 6.32. The first-order valence-electron chi connectivity index (χ1n) is 13.1. The van der Waals surface area contributed by atoms with Crippen LogP contribution < -0.4 is 0 Å². The molecule has 0 N–H and O–H groups in total. The molecule has 0 aromatic heterocycles. The molecule has 0 nitrogen and oxygen atoms in total. The van der Waals surface area contributed by atoms with Crippen molar-refractivity contribution < 1.29 is 0 Å². The molecule has 0 atom stereocenters. The van der Waals surface area contributed by atoms with Gasteiger partial charge in [-0.15, -0.1) is 0 Å². The molecule has 0 aromatic rings. The van der Waals surface area contributed by atoms with E-state index in [1.54, 1.807) is 0 Å². The van der Waals surface area contributed by atoms with E-state index < -0.39 is 0 Å². The molecule has 0 heterocycles. The minimum Gasteiger partial charge on any atom is -0.159 e. The standard InChI is InChI=1S/C26H52S2/c1-3-5-7-9-11-13-15-17-23-27-25-19-21-26(22-20-25)28-24-18-16-14-12-10-8-6-4-2/h25-26H,3-24H2,1-2H3. The molecule has 0 amide bonds. The fourth-order valence-electron chi connectivity index (χ4n) is 4.34. The van der Waals surface area contributed by atoms with Gasteiger partial charge in [0, 0.05) is 10.5 Å². The van der Waals surface area contributed by atoms with Crippen LogP contribution in [-0.4, -0.2) is 22.0 Å². The Labute approximate surface area is 187 Å². The Morgan fingerprint density at radius 3 is 1.04 bits per heavy atom. The quantitative estimate of drug-likeness (QED) is 0.177. The van der Waals surface area contributed by atoms with Crippen molar-refractivity contribution in [1.82, 2.24) is 0 Å². The maximum atomic E-state index is 2.31. The number of hydrogen-bond donors (Lipinski definition) is 0. The first-order chi connectivity index (χ1) is 13.9. The van der Waals surface area contributed by atoms with Gasteiger partial charge >= 0.3 is 0 Å². The summed E-state index contributed by atoms with van der Waals surface area (Å²) >= 11 is 4.61. The molecule has 0 aromatic carbocycles. The van der Waals surface area contributed by atoms with E-state index in [0.717, 1.165) is 10.5 Å². The fourth-order valence-corrected chi connectivity index (χ4v) is 6.96. The summed E-state index contributed by atoms with van der Waals surface area (Å²) in [7, 11) is 0. The average Bonchev–Trinajstić information content (AvgIpc) is 2.72. The summed E-state index contributed by atoms with van der Waals surface area (Å²) in [5.41, 5.74) is 0. The number of thioether (sulfide) groups is 2. The minimum atomic E-state index is 0.990. The lowest BCUT2D eigenvalue weighted by molar-refractivity contribution is 0.527. The zero-order chi connectivity index (χ0) is 20.1. The van der Waals surface area contributed by atoms with Gasteiger partial charge in [-0.3, -0.25) is 0 Å². The lowest BCUT2D eigenvalue weighted by Crippen LogP contribution is -2.18. The van der Waals surface area contributed by atoms with E-state index in [4.69, 9.17) is 0 Å². The Morgan fingerprint density at radius 2 is 0.714 bits per heavy atom. The lowest BCUT2D eigenvalue weighted by atomic mass is 10.00. The van der Waals surface area contributed by atoms with Gasteiger partial charge in [-0.1, -0.05) is 104 Å². The van der Waals surface area contributed by atoms with Crippen molar-refractivity contribution in [3.63, 3.8) is 0 Å². The van der Waals surface area contributed by atoms with Crippen LogP contribution in [-0.2, 0) is 0 Å². The highest BCUT2D eigenvalue weighted by atomic mass is 32.2. The lowest BCUT2D eigenvalue weighted by Gasteiger charge is -2.27. The summed E-state index contributed by atoms with van der Waals surface area (Å²) in [6.45, 7) is 4.61. The Bertz CT molecular complexity index is 267. The van der Waals surface area contributed by atoms with E-state index in [1.165, 1.54) is 140 Å². The van der Waals surface area contributed by atoms with Gasteiger partial charge in [0.05, 0.1) is 0 Å². The SMILES string of the molecule is CCCCCCCCCCSC1CCC(SCCCCCCCCCC)CC1. The number of unbranched alkanes of at least 4 members (excludes halogenated alkanes) is 14. The van der Waals surface area contributed by atoms with Crippen LogP contribution in [0.3, 0.4) is 0 Å². The summed E-state index contributed by atoms with van der Waals surface area (Å²) < 4.78 is 0. The molecule has 2 heteroatoms. The highest BCUT2D eigenvalue weighted by Crippen LogP contribution is 2.35. The molecule has 1 saturated carbocycles. The maximum Gasteiger partial charge on any atom is 0.00478 e. The molecular weight excluding hydrogens is 376 g/mol. The van der Waals surface area contributed by atoms with Crippen molar-refractivity contribution in [2.45, 2.75) is 153 Å². The van der Waals surface area contributed by atoms with Gasteiger partial charge in [-0.05, 0) is 50.0 Å². The Kier molecular flexibility index (Phi) is 20.0. The van der Waals surface area contributed by atoms with Crippen LogP contribution in [0.15, 0.2) is 0 Å². The van der Waals surface area contributed by atoms with Crippen LogP contribution in [0.25, 0.3) is 0 Å². The zero-order valence-corrected chi connectivity index (χ0v) is 21.2. The molecule has 1 aliphatic rings. The highest BCUT2D eigenvalue weighted by molar-refractivity contribution is 8.00. The van der Waals surface area contributed by atoms with Gasteiger partial charge in [0.15, 0.2) is 0 Å². The van der Waals surface area contributed by atoms with E-state index in [9.17, 15) is 0 Å². The Balaban J connectivity index is 1.81. The van der Waals surface area contributed by atoms with Crippen molar-refractivity contribution in [2.24, 2.45) is 0 Å². The Morgan fingerprint density at radius 1 is 0.429 bits per heavy atom. The monoisotopic (exact) mass is 428 g/mol. The molecule has 0 saturated heterocycles. The van der Waals surface area contributed by atoms with Crippen LogP contribution in [0, 0.1) is 0 Å². The van der Waals surface area contributed by atoms with Crippen LogP contribution in [0.5, 0.6) is 0 Å². The summed E-state index contributed by atoms with van der Waals surface area (Å²) in [6.07, 6.45) is 29.3. The zero-order valence-electron chi connectivity index (χ0n) is 19.5. The van der Waals surface area contributed by atoms with E-state index in [2.05, 4.69) is 37.4 Å². The number of rotatable bonds is 20. The molecule has 0 radical (unpaired) electrons. The first-order valence-corrected chi connectivity index (χ1v) is 15.2. The van der Waals surface area contributed by atoms with Gasteiger partial charge < -0.3 is 0 Å². The second kappa shape index (κ2) is 21.0. The van der Waals surface area contributed by atoms with Crippen molar-refractivity contribution in [3.8, 4) is 0 Å². The van der Waals surface area contributed by atoms with Gasteiger partial charge in [-0.25, -0.2) is 0 Å². The second-order valence-electron chi connectivity index (χ2n) is 9.09. The maximum absolute atomic E-state index is 2.31. The molecular formula is C26H52S2. The molecule has 168 valence electrons. The fraction of sp³-hybridized carbons (Fsp3) is 1.00. The summed E-state index contributed by atoms with van der Waals surface area (Å²) in [5.74, 6) is 2.85. The molecule has 1 rings (SSSR count). The van der Waals surface area contributed by atoms with Crippen molar-refractivity contribution in [3.05, 3.63) is 0 Å². The van der Waals surface area contributed by atoms with E-state index in [0.29, 0.717) is 0 Å². The van der Waals surface area contributed by atoms with E-state index in [1.807, 2.05) is 0 Å². The molecule has 1 fully saturated rings. The van der Waals surface area contributed by atoms with Crippen LogP contribution in [0.1, 0.15) is 142 Å². The van der Waals surface area contributed by atoms with Gasteiger partial charge in [-0.2, -0.15) is 23.5 Å². The van der Waals surface area contributed by atoms with Crippen molar-refractivity contribution in [1.29, 1.82) is 0 Å². The van der Waals surface area contributed by atoms with Gasteiger partial charge in [0.1, 0.15) is 0 Å². The largest absolute Gasteiger partial charge is 0.159 e. The van der Waals surface area contributed by atoms with Crippen LogP contribution in [0.4, 0.5) is 0 Å². The van der Waals surface area contributed by atoms with Crippen molar-refractivity contribution in [2.75, 3.05) is 11.5 Å². The number of hydrogen-bond acceptors (Lipinski definition) is 2. The molecule has 0 unspecified atom stereocenters. The molecule has 0 aliphatic heterocycles. The summed E-state index contributed by atoms with van der Waals surface area (Å²) in [6, 6.07) is 0. The normalized spacial score (nSPS) is 19.9. The van der Waals surface area contributed by atoms with Crippen molar-refractivity contribution >= 4 is 23.5 Å². The van der Waals surface area contributed by atoms with Crippen LogP contribution >= 0.6 is 23.5 Å². The predicted molar refractivity (Wildman–Crippen MR) is 136 cm³/mol.